The van der Waals surface area contributed by atoms with Gasteiger partial charge in [0.1, 0.15) is 18.0 Å². The number of anilines is 1. The zero-order valence-corrected chi connectivity index (χ0v) is 13.9. The Morgan fingerprint density at radius 2 is 2.04 bits per heavy atom. The summed E-state index contributed by atoms with van der Waals surface area (Å²) in [5.74, 6) is 0.359. The van der Waals surface area contributed by atoms with Crippen molar-refractivity contribution in [1.82, 2.24) is 9.97 Å². The summed E-state index contributed by atoms with van der Waals surface area (Å²) in [7, 11) is 0. The molecule has 2 fully saturated rings. The van der Waals surface area contributed by atoms with Crippen LogP contribution in [0.25, 0.3) is 10.9 Å². The van der Waals surface area contributed by atoms with Crippen molar-refractivity contribution in [3.63, 3.8) is 0 Å². The smallest absolute Gasteiger partial charge is 0.223 e. The first-order valence-corrected chi connectivity index (χ1v) is 8.69. The standard InChI is InChI=1S/C18H21FN4O2/c19-12-1-2-15-14(9-12)18(22-10-21-15)23-6-3-11(4-7-23)16-13(17(20)24)5-8-25-16/h1-2,9-11,13,16H,3-8H2,(H2,20,24)/t13-,16+/m0/s1. The highest BCUT2D eigenvalue weighted by Gasteiger charge is 2.39. The third-order valence-electron chi connectivity index (χ3n) is 5.38. The third kappa shape index (κ3) is 3.04. The van der Waals surface area contributed by atoms with Crippen LogP contribution in [0.3, 0.4) is 0 Å². The van der Waals surface area contributed by atoms with Crippen LogP contribution in [0.2, 0.25) is 0 Å². The maximum Gasteiger partial charge on any atom is 0.223 e. The number of nitrogens with zero attached hydrogens (tertiary/aromatic N) is 3. The van der Waals surface area contributed by atoms with Gasteiger partial charge in [-0.3, -0.25) is 4.79 Å². The van der Waals surface area contributed by atoms with Gasteiger partial charge in [-0.2, -0.15) is 0 Å². The fourth-order valence-electron chi connectivity index (χ4n) is 4.09. The van der Waals surface area contributed by atoms with Crippen LogP contribution < -0.4 is 10.6 Å². The molecule has 2 saturated heterocycles. The summed E-state index contributed by atoms with van der Waals surface area (Å²) in [4.78, 5) is 22.3. The van der Waals surface area contributed by atoms with Gasteiger partial charge in [0.05, 0.1) is 17.5 Å². The molecule has 25 heavy (non-hydrogen) atoms. The Balaban J connectivity index is 1.51. The maximum atomic E-state index is 13.6. The third-order valence-corrected chi connectivity index (χ3v) is 5.38. The predicted molar refractivity (Wildman–Crippen MR) is 91.5 cm³/mol. The van der Waals surface area contributed by atoms with Crippen LogP contribution in [-0.2, 0) is 9.53 Å². The summed E-state index contributed by atoms with van der Waals surface area (Å²) in [6, 6.07) is 4.57. The second kappa shape index (κ2) is 6.55. The summed E-state index contributed by atoms with van der Waals surface area (Å²) < 4.78 is 19.4. The minimum Gasteiger partial charge on any atom is -0.377 e. The van der Waals surface area contributed by atoms with E-state index in [1.165, 1.54) is 18.5 Å². The molecule has 0 spiro atoms. The van der Waals surface area contributed by atoms with E-state index in [0.717, 1.165) is 49.1 Å². The van der Waals surface area contributed by atoms with Crippen LogP contribution in [0.5, 0.6) is 0 Å². The first-order valence-electron chi connectivity index (χ1n) is 8.69. The van der Waals surface area contributed by atoms with Crippen LogP contribution in [0.1, 0.15) is 19.3 Å². The number of carbonyl (C=O) groups is 1. The van der Waals surface area contributed by atoms with Gasteiger partial charge in [-0.15, -0.1) is 0 Å². The molecule has 0 radical (unpaired) electrons. The molecule has 1 aromatic heterocycles. The second-order valence-electron chi connectivity index (χ2n) is 6.82. The Bertz CT molecular complexity index is 792. The zero-order valence-electron chi connectivity index (χ0n) is 13.9. The summed E-state index contributed by atoms with van der Waals surface area (Å²) in [6.45, 7) is 2.19. The molecule has 1 aromatic carbocycles. The van der Waals surface area contributed by atoms with E-state index in [4.69, 9.17) is 10.5 Å². The van der Waals surface area contributed by atoms with Gasteiger partial charge in [0.25, 0.3) is 0 Å². The summed E-state index contributed by atoms with van der Waals surface area (Å²) in [5, 5.41) is 0.730. The van der Waals surface area contributed by atoms with Crippen LogP contribution >= 0.6 is 0 Å². The molecule has 132 valence electrons. The second-order valence-corrected chi connectivity index (χ2v) is 6.82. The fraction of sp³-hybridized carbons (Fsp3) is 0.500. The average molecular weight is 344 g/mol. The van der Waals surface area contributed by atoms with Crippen LogP contribution in [0, 0.1) is 17.7 Å². The van der Waals surface area contributed by atoms with Gasteiger partial charge in [0.2, 0.25) is 5.91 Å². The predicted octanol–water partition coefficient (Wildman–Crippen LogP) is 1.88. The van der Waals surface area contributed by atoms with E-state index in [1.807, 2.05) is 0 Å². The monoisotopic (exact) mass is 344 g/mol. The van der Waals surface area contributed by atoms with Crippen molar-refractivity contribution in [3.8, 4) is 0 Å². The Kier molecular flexibility index (Phi) is 4.25. The van der Waals surface area contributed by atoms with E-state index >= 15 is 0 Å². The molecule has 2 aliphatic rings. The SMILES string of the molecule is NC(=O)[C@H]1CCO[C@@H]1C1CCN(c2ncnc3ccc(F)cc23)CC1. The van der Waals surface area contributed by atoms with Crippen molar-refractivity contribution >= 4 is 22.6 Å². The first kappa shape index (κ1) is 16.2. The lowest BCUT2D eigenvalue weighted by Crippen LogP contribution is -2.42. The minimum atomic E-state index is -0.290. The van der Waals surface area contributed by atoms with Crippen molar-refractivity contribution in [3.05, 3.63) is 30.3 Å². The van der Waals surface area contributed by atoms with Gasteiger partial charge in [0, 0.05) is 25.1 Å². The Labute approximate surface area is 145 Å². The molecule has 2 aromatic rings. The van der Waals surface area contributed by atoms with Gasteiger partial charge < -0.3 is 15.4 Å². The molecule has 6 nitrogen and oxygen atoms in total. The van der Waals surface area contributed by atoms with E-state index < -0.39 is 0 Å². The molecule has 0 aliphatic carbocycles. The van der Waals surface area contributed by atoms with E-state index in [-0.39, 0.29) is 23.7 Å². The molecule has 0 unspecified atom stereocenters. The summed E-state index contributed by atoms with van der Waals surface area (Å²) >= 11 is 0. The number of fused-ring (bicyclic) bond motifs is 1. The van der Waals surface area contributed by atoms with Crippen LogP contribution in [0.15, 0.2) is 24.5 Å². The highest BCUT2D eigenvalue weighted by atomic mass is 19.1. The van der Waals surface area contributed by atoms with Gasteiger partial charge in [-0.05, 0) is 43.4 Å². The highest BCUT2D eigenvalue weighted by molar-refractivity contribution is 5.89. The quantitative estimate of drug-likeness (QED) is 0.919. The lowest BCUT2D eigenvalue weighted by atomic mass is 9.84. The molecule has 3 heterocycles. The number of hydrogen-bond donors (Lipinski definition) is 1. The molecule has 2 aliphatic heterocycles. The van der Waals surface area contributed by atoms with Crippen LogP contribution in [0.4, 0.5) is 10.2 Å². The molecule has 2 atom stereocenters. The Hall–Kier alpha value is -2.28. The first-order chi connectivity index (χ1) is 12.1. The lowest BCUT2D eigenvalue weighted by Gasteiger charge is -2.36. The van der Waals surface area contributed by atoms with E-state index in [1.54, 1.807) is 6.07 Å². The number of amides is 1. The number of aromatic nitrogens is 2. The van der Waals surface area contributed by atoms with Crippen molar-refractivity contribution < 1.29 is 13.9 Å². The van der Waals surface area contributed by atoms with E-state index in [2.05, 4.69) is 14.9 Å². The van der Waals surface area contributed by atoms with Gasteiger partial charge in [0.15, 0.2) is 0 Å². The van der Waals surface area contributed by atoms with E-state index in [9.17, 15) is 9.18 Å². The van der Waals surface area contributed by atoms with Crippen molar-refractivity contribution in [2.24, 2.45) is 17.6 Å². The number of nitrogens with two attached hydrogens (primary N) is 1. The molecule has 7 heteroatoms. The summed E-state index contributed by atoms with van der Waals surface area (Å²) in [5.41, 5.74) is 6.25. The van der Waals surface area contributed by atoms with Crippen molar-refractivity contribution in [2.75, 3.05) is 24.6 Å². The summed E-state index contributed by atoms with van der Waals surface area (Å²) in [6.07, 6.45) is 3.96. The Morgan fingerprint density at radius 1 is 1.24 bits per heavy atom. The molecule has 2 N–H and O–H groups in total. The maximum absolute atomic E-state index is 13.6. The lowest BCUT2D eigenvalue weighted by molar-refractivity contribution is -0.124. The van der Waals surface area contributed by atoms with Gasteiger partial charge in [-0.1, -0.05) is 0 Å². The minimum absolute atomic E-state index is 0.0702. The van der Waals surface area contributed by atoms with Crippen LogP contribution in [-0.4, -0.2) is 41.7 Å². The number of hydrogen-bond acceptors (Lipinski definition) is 5. The normalized spacial score (nSPS) is 24.8. The highest BCUT2D eigenvalue weighted by Crippen LogP contribution is 2.35. The molecular formula is C18H21FN4O2. The number of carbonyl (C=O) groups excluding carboxylic acids is 1. The van der Waals surface area contributed by atoms with Crippen molar-refractivity contribution in [2.45, 2.75) is 25.4 Å². The number of ether oxygens (including phenoxy) is 1. The fourth-order valence-corrected chi connectivity index (χ4v) is 4.09. The Morgan fingerprint density at radius 3 is 2.80 bits per heavy atom. The largest absolute Gasteiger partial charge is 0.377 e. The average Bonchev–Trinajstić information content (AvgIpc) is 3.11. The van der Waals surface area contributed by atoms with Gasteiger partial charge in [-0.25, -0.2) is 14.4 Å². The molecule has 0 saturated carbocycles. The number of primary amides is 1. The number of rotatable bonds is 3. The molecule has 4 rings (SSSR count). The molecule has 0 bridgehead atoms. The topological polar surface area (TPSA) is 81.3 Å². The van der Waals surface area contributed by atoms with E-state index in [0.29, 0.717) is 12.5 Å². The van der Waals surface area contributed by atoms with Gasteiger partial charge >= 0.3 is 0 Å². The molecule has 1 amide bonds. The number of piperidine rings is 1. The van der Waals surface area contributed by atoms with Crippen molar-refractivity contribution in [1.29, 1.82) is 0 Å². The zero-order chi connectivity index (χ0) is 17.4. The number of benzene rings is 1. The number of halogens is 1. The molecular weight excluding hydrogens is 323 g/mol.